The summed E-state index contributed by atoms with van der Waals surface area (Å²) in [6, 6.07) is 13.2. The number of carboxylic acid groups (broad SMARTS) is 1. The first-order chi connectivity index (χ1) is 12.7. The average Bonchev–Trinajstić information content (AvgIpc) is 3.08. The van der Waals surface area contributed by atoms with Gasteiger partial charge in [0.1, 0.15) is 6.04 Å². The van der Waals surface area contributed by atoms with Gasteiger partial charge in [-0.05, 0) is 18.2 Å². The zero-order valence-electron chi connectivity index (χ0n) is 14.5. The highest BCUT2D eigenvalue weighted by molar-refractivity contribution is 5.89. The zero-order chi connectivity index (χ0) is 17.9. The standard InChI is InChI=1S/C20H22N4O2/c25-20(26)19(17-13-22-18-7-2-1-6-16(17)18)24-11-9-23(10-12-24)14-15-5-3-4-8-21-15/h1-8,13,19,22H,9-12,14H2,(H,25,26)/t19-/m0/s1. The number of piperazine rings is 1. The fourth-order valence-corrected chi connectivity index (χ4v) is 3.71. The van der Waals surface area contributed by atoms with Crippen LogP contribution >= 0.6 is 0 Å². The molecule has 6 heteroatoms. The number of carboxylic acids is 1. The highest BCUT2D eigenvalue weighted by Gasteiger charge is 2.32. The third-order valence-corrected chi connectivity index (χ3v) is 5.03. The van der Waals surface area contributed by atoms with Crippen molar-refractivity contribution in [2.45, 2.75) is 12.6 Å². The zero-order valence-corrected chi connectivity index (χ0v) is 14.5. The van der Waals surface area contributed by atoms with Crippen molar-refractivity contribution in [3.63, 3.8) is 0 Å². The molecule has 2 N–H and O–H groups in total. The van der Waals surface area contributed by atoms with Gasteiger partial charge >= 0.3 is 5.97 Å². The maximum Gasteiger partial charge on any atom is 0.325 e. The number of hydrogen-bond donors (Lipinski definition) is 2. The number of H-pyrrole nitrogens is 1. The first-order valence-electron chi connectivity index (χ1n) is 8.87. The lowest BCUT2D eigenvalue weighted by Crippen LogP contribution is -2.48. The van der Waals surface area contributed by atoms with Crippen LogP contribution in [-0.4, -0.2) is 57.0 Å². The number of rotatable bonds is 5. The Morgan fingerprint density at radius 2 is 1.88 bits per heavy atom. The van der Waals surface area contributed by atoms with E-state index in [1.54, 1.807) is 0 Å². The van der Waals surface area contributed by atoms with Crippen molar-refractivity contribution in [1.82, 2.24) is 19.8 Å². The molecule has 3 heterocycles. The minimum Gasteiger partial charge on any atom is -0.480 e. The molecule has 6 nitrogen and oxygen atoms in total. The van der Waals surface area contributed by atoms with E-state index in [9.17, 15) is 9.90 Å². The summed E-state index contributed by atoms with van der Waals surface area (Å²) in [5.74, 6) is -0.798. The molecule has 0 saturated carbocycles. The Hall–Kier alpha value is -2.70. The smallest absolute Gasteiger partial charge is 0.325 e. The third kappa shape index (κ3) is 3.34. The topological polar surface area (TPSA) is 72.5 Å². The molecule has 2 aromatic heterocycles. The van der Waals surface area contributed by atoms with Crippen molar-refractivity contribution in [1.29, 1.82) is 0 Å². The van der Waals surface area contributed by atoms with Crippen LogP contribution in [0, 0.1) is 0 Å². The Bertz CT molecular complexity index is 885. The van der Waals surface area contributed by atoms with Crippen molar-refractivity contribution in [3.05, 3.63) is 66.1 Å². The molecule has 0 unspecified atom stereocenters. The average molecular weight is 350 g/mol. The second-order valence-electron chi connectivity index (χ2n) is 6.66. The lowest BCUT2D eigenvalue weighted by atomic mass is 10.0. The van der Waals surface area contributed by atoms with E-state index in [0.717, 1.165) is 54.9 Å². The molecule has 1 aliphatic heterocycles. The third-order valence-electron chi connectivity index (χ3n) is 5.03. The van der Waals surface area contributed by atoms with Gasteiger partial charge in [0.05, 0.1) is 5.69 Å². The van der Waals surface area contributed by atoms with E-state index in [2.05, 4.69) is 19.8 Å². The minimum absolute atomic E-state index is 0.622. The van der Waals surface area contributed by atoms with E-state index in [4.69, 9.17) is 0 Å². The molecule has 1 fully saturated rings. The summed E-state index contributed by atoms with van der Waals surface area (Å²) >= 11 is 0. The van der Waals surface area contributed by atoms with E-state index < -0.39 is 12.0 Å². The molecule has 0 bridgehead atoms. The molecule has 0 amide bonds. The number of fused-ring (bicyclic) bond motifs is 1. The Labute approximate surface area is 152 Å². The number of carbonyl (C=O) groups is 1. The lowest BCUT2D eigenvalue weighted by Gasteiger charge is -2.37. The second kappa shape index (κ2) is 7.27. The molecule has 134 valence electrons. The summed E-state index contributed by atoms with van der Waals surface area (Å²) in [6.45, 7) is 3.93. The summed E-state index contributed by atoms with van der Waals surface area (Å²) in [7, 11) is 0. The maximum absolute atomic E-state index is 12.0. The Morgan fingerprint density at radius 3 is 2.62 bits per heavy atom. The predicted octanol–water partition coefficient (Wildman–Crippen LogP) is 2.51. The maximum atomic E-state index is 12.0. The van der Waals surface area contributed by atoms with Gasteiger partial charge in [0.25, 0.3) is 0 Å². The van der Waals surface area contributed by atoms with Gasteiger partial charge in [0.2, 0.25) is 0 Å². The van der Waals surface area contributed by atoms with Gasteiger partial charge < -0.3 is 10.1 Å². The lowest BCUT2D eigenvalue weighted by molar-refractivity contribution is -0.144. The van der Waals surface area contributed by atoms with Crippen molar-refractivity contribution in [2.75, 3.05) is 26.2 Å². The van der Waals surface area contributed by atoms with Gasteiger partial charge in [0, 0.05) is 61.6 Å². The molecule has 0 spiro atoms. The number of aromatic amines is 1. The number of nitrogens with one attached hydrogen (secondary N) is 1. The van der Waals surface area contributed by atoms with Gasteiger partial charge in [-0.1, -0.05) is 24.3 Å². The Kier molecular flexibility index (Phi) is 4.69. The van der Waals surface area contributed by atoms with E-state index in [0.29, 0.717) is 0 Å². The van der Waals surface area contributed by atoms with E-state index in [1.165, 1.54) is 0 Å². The van der Waals surface area contributed by atoms with Crippen molar-refractivity contribution >= 4 is 16.9 Å². The van der Waals surface area contributed by atoms with Crippen molar-refractivity contribution in [3.8, 4) is 0 Å². The van der Waals surface area contributed by atoms with Gasteiger partial charge in [-0.2, -0.15) is 0 Å². The van der Waals surface area contributed by atoms with Crippen LogP contribution in [0.3, 0.4) is 0 Å². The number of hydrogen-bond acceptors (Lipinski definition) is 4. The molecular formula is C20H22N4O2. The summed E-state index contributed by atoms with van der Waals surface area (Å²) in [5, 5.41) is 10.9. The number of para-hydroxylation sites is 1. The van der Waals surface area contributed by atoms with Crippen molar-refractivity contribution < 1.29 is 9.90 Å². The molecule has 4 rings (SSSR count). The normalized spacial score (nSPS) is 17.4. The first kappa shape index (κ1) is 16.8. The molecule has 1 atom stereocenters. The number of aromatic nitrogens is 2. The quantitative estimate of drug-likeness (QED) is 0.740. The Balaban J connectivity index is 1.48. The first-order valence-corrected chi connectivity index (χ1v) is 8.87. The molecule has 1 aliphatic rings. The van der Waals surface area contributed by atoms with Gasteiger partial charge in [-0.25, -0.2) is 0 Å². The molecule has 1 aromatic carbocycles. The van der Waals surface area contributed by atoms with Crippen LogP contribution in [0.1, 0.15) is 17.3 Å². The van der Waals surface area contributed by atoms with Crippen LogP contribution in [0.2, 0.25) is 0 Å². The highest BCUT2D eigenvalue weighted by Crippen LogP contribution is 2.29. The number of pyridine rings is 1. The summed E-state index contributed by atoms with van der Waals surface area (Å²) in [4.78, 5) is 24.0. The molecule has 0 radical (unpaired) electrons. The van der Waals surface area contributed by atoms with E-state index in [-0.39, 0.29) is 0 Å². The monoisotopic (exact) mass is 350 g/mol. The summed E-state index contributed by atoms with van der Waals surface area (Å²) in [5.41, 5.74) is 2.86. The van der Waals surface area contributed by atoms with E-state index >= 15 is 0 Å². The van der Waals surface area contributed by atoms with Crippen LogP contribution in [0.4, 0.5) is 0 Å². The number of benzene rings is 1. The largest absolute Gasteiger partial charge is 0.480 e. The van der Waals surface area contributed by atoms with Gasteiger partial charge in [-0.3, -0.25) is 19.6 Å². The second-order valence-corrected chi connectivity index (χ2v) is 6.66. The van der Waals surface area contributed by atoms with Crippen LogP contribution in [-0.2, 0) is 11.3 Å². The van der Waals surface area contributed by atoms with Gasteiger partial charge in [0.15, 0.2) is 0 Å². The van der Waals surface area contributed by atoms with Crippen LogP contribution in [0.15, 0.2) is 54.9 Å². The highest BCUT2D eigenvalue weighted by atomic mass is 16.4. The Morgan fingerprint density at radius 1 is 1.12 bits per heavy atom. The predicted molar refractivity (Wildman–Crippen MR) is 99.8 cm³/mol. The number of nitrogens with zero attached hydrogens (tertiary/aromatic N) is 3. The molecule has 3 aromatic rings. The van der Waals surface area contributed by atoms with Crippen molar-refractivity contribution in [2.24, 2.45) is 0 Å². The summed E-state index contributed by atoms with van der Waals surface area (Å²) < 4.78 is 0. The van der Waals surface area contributed by atoms with Crippen LogP contribution in [0.25, 0.3) is 10.9 Å². The summed E-state index contributed by atoms with van der Waals surface area (Å²) in [6.07, 6.45) is 3.65. The molecule has 0 aliphatic carbocycles. The minimum atomic E-state index is -0.798. The van der Waals surface area contributed by atoms with E-state index in [1.807, 2.05) is 54.9 Å². The van der Waals surface area contributed by atoms with Gasteiger partial charge in [-0.15, -0.1) is 0 Å². The fourth-order valence-electron chi connectivity index (χ4n) is 3.71. The molecule has 1 saturated heterocycles. The van der Waals surface area contributed by atoms with Crippen LogP contribution < -0.4 is 0 Å². The SMILES string of the molecule is O=C(O)[C@H](c1c[nH]c2ccccc12)N1CCN(Cc2ccccn2)CC1. The number of aliphatic carboxylic acids is 1. The molecular weight excluding hydrogens is 328 g/mol. The fraction of sp³-hybridized carbons (Fsp3) is 0.300. The van der Waals surface area contributed by atoms with Crippen LogP contribution in [0.5, 0.6) is 0 Å². The molecule has 26 heavy (non-hydrogen) atoms.